The van der Waals surface area contributed by atoms with Gasteiger partial charge < -0.3 is 23.3 Å². The highest BCUT2D eigenvalue weighted by molar-refractivity contribution is 5.93. The maximum Gasteiger partial charge on any atom is 0.307 e. The van der Waals surface area contributed by atoms with E-state index in [4.69, 9.17) is 13.7 Å². The summed E-state index contributed by atoms with van der Waals surface area (Å²) in [6, 6.07) is 4.91. The summed E-state index contributed by atoms with van der Waals surface area (Å²) in [6.45, 7) is 0.878. The lowest BCUT2D eigenvalue weighted by molar-refractivity contribution is -0.140. The Hall–Kier alpha value is -2.61. The molecule has 0 aromatic carbocycles. The van der Waals surface area contributed by atoms with Gasteiger partial charge in [0, 0.05) is 26.3 Å². The van der Waals surface area contributed by atoms with Crippen molar-refractivity contribution >= 4 is 11.9 Å². The minimum absolute atomic E-state index is 0.0921. The lowest BCUT2D eigenvalue weighted by Crippen LogP contribution is -2.36. The predicted molar refractivity (Wildman–Crippen MR) is 78.6 cm³/mol. The molecule has 0 atom stereocenters. The van der Waals surface area contributed by atoms with E-state index in [1.807, 2.05) is 0 Å². The van der Waals surface area contributed by atoms with Gasteiger partial charge in [-0.3, -0.25) is 9.59 Å². The maximum atomic E-state index is 12.5. The summed E-state index contributed by atoms with van der Waals surface area (Å²) >= 11 is 0. The summed E-state index contributed by atoms with van der Waals surface area (Å²) in [5.41, 5.74) is 0.136. The van der Waals surface area contributed by atoms with Crippen LogP contribution in [0.4, 0.5) is 0 Å². The molecule has 0 bridgehead atoms. The molecule has 2 aromatic rings. The zero-order chi connectivity index (χ0) is 16.7. The Balaban J connectivity index is 2.07. The van der Waals surface area contributed by atoms with E-state index in [1.54, 1.807) is 12.1 Å². The number of amides is 1. The van der Waals surface area contributed by atoms with Crippen molar-refractivity contribution in [2.45, 2.75) is 6.42 Å². The molecule has 1 amide bonds. The average Bonchev–Trinajstić information content (AvgIpc) is 3.24. The molecule has 0 aliphatic rings. The molecule has 0 N–H and O–H groups in total. The van der Waals surface area contributed by atoms with E-state index in [0.29, 0.717) is 24.7 Å². The van der Waals surface area contributed by atoms with Crippen molar-refractivity contribution in [3.63, 3.8) is 0 Å². The number of ether oxygens (including phenoxy) is 2. The largest absolute Gasteiger partial charge is 0.469 e. The minimum atomic E-state index is -0.392. The van der Waals surface area contributed by atoms with Crippen LogP contribution in [-0.2, 0) is 14.3 Å². The van der Waals surface area contributed by atoms with Crippen LogP contribution in [0.3, 0.4) is 0 Å². The van der Waals surface area contributed by atoms with E-state index in [0.717, 1.165) is 0 Å². The summed E-state index contributed by atoms with van der Waals surface area (Å²) in [4.78, 5) is 25.2. The fourth-order valence-corrected chi connectivity index (χ4v) is 1.92. The highest BCUT2D eigenvalue weighted by Gasteiger charge is 2.21. The number of rotatable bonds is 8. The predicted octanol–water partition coefficient (Wildman–Crippen LogP) is 1.59. The first kappa shape index (κ1) is 16.8. The molecule has 0 spiro atoms. The second-order valence-corrected chi connectivity index (χ2v) is 4.66. The highest BCUT2D eigenvalue weighted by Crippen LogP contribution is 2.21. The SMILES string of the molecule is COCCN(CCC(=O)OC)C(=O)c1cc(-c2ccco2)on1. The molecule has 0 radical (unpaired) electrons. The fourth-order valence-electron chi connectivity index (χ4n) is 1.92. The number of hydrogen-bond acceptors (Lipinski definition) is 7. The van der Waals surface area contributed by atoms with Crippen LogP contribution in [-0.4, -0.2) is 55.8 Å². The molecule has 0 aliphatic heterocycles. The van der Waals surface area contributed by atoms with E-state index < -0.39 is 5.97 Å². The van der Waals surface area contributed by atoms with Gasteiger partial charge in [-0.25, -0.2) is 0 Å². The summed E-state index contributed by atoms with van der Waals surface area (Å²) in [5, 5.41) is 3.77. The number of esters is 1. The van der Waals surface area contributed by atoms with E-state index >= 15 is 0 Å². The van der Waals surface area contributed by atoms with Crippen LogP contribution < -0.4 is 0 Å². The van der Waals surface area contributed by atoms with Crippen LogP contribution in [0.25, 0.3) is 11.5 Å². The number of carbonyl (C=O) groups is 2. The van der Waals surface area contributed by atoms with Gasteiger partial charge in [-0.1, -0.05) is 5.16 Å². The van der Waals surface area contributed by atoms with Crippen molar-refractivity contribution in [2.24, 2.45) is 0 Å². The van der Waals surface area contributed by atoms with Crippen molar-refractivity contribution in [3.05, 3.63) is 30.2 Å². The van der Waals surface area contributed by atoms with Gasteiger partial charge >= 0.3 is 5.97 Å². The molecule has 2 rings (SSSR count). The number of furan rings is 1. The third kappa shape index (κ3) is 4.43. The molecule has 23 heavy (non-hydrogen) atoms. The van der Waals surface area contributed by atoms with Crippen LogP contribution in [0.1, 0.15) is 16.9 Å². The first-order valence-electron chi connectivity index (χ1n) is 7.01. The first-order chi connectivity index (χ1) is 11.2. The second kappa shape index (κ2) is 8.14. The summed E-state index contributed by atoms with van der Waals surface area (Å²) in [6.07, 6.45) is 1.59. The number of methoxy groups -OCH3 is 2. The molecule has 0 fully saturated rings. The summed E-state index contributed by atoms with van der Waals surface area (Å²) < 4.78 is 19.9. The lowest BCUT2D eigenvalue weighted by atomic mass is 10.2. The van der Waals surface area contributed by atoms with Gasteiger partial charge in [-0.05, 0) is 12.1 Å². The zero-order valence-corrected chi connectivity index (χ0v) is 13.0. The van der Waals surface area contributed by atoms with E-state index in [-0.39, 0.29) is 24.6 Å². The summed E-state index contributed by atoms with van der Waals surface area (Å²) in [7, 11) is 2.84. The number of aromatic nitrogens is 1. The van der Waals surface area contributed by atoms with E-state index in [9.17, 15) is 9.59 Å². The quantitative estimate of drug-likeness (QED) is 0.681. The molecule has 2 aromatic heterocycles. The van der Waals surface area contributed by atoms with Gasteiger partial charge in [0.2, 0.25) is 5.76 Å². The standard InChI is InChI=1S/C15H18N2O6/c1-20-9-7-17(6-5-14(18)21-2)15(19)11-10-13(23-16-11)12-4-3-8-22-12/h3-4,8,10H,5-7,9H2,1-2H3. The number of hydrogen-bond donors (Lipinski definition) is 0. The Morgan fingerprint density at radius 1 is 1.26 bits per heavy atom. The van der Waals surface area contributed by atoms with Crippen molar-refractivity contribution < 1.29 is 28.0 Å². The van der Waals surface area contributed by atoms with Crippen molar-refractivity contribution in [3.8, 4) is 11.5 Å². The van der Waals surface area contributed by atoms with Crippen molar-refractivity contribution in [1.29, 1.82) is 0 Å². The van der Waals surface area contributed by atoms with Crippen LogP contribution in [0.5, 0.6) is 0 Å². The third-order valence-electron chi connectivity index (χ3n) is 3.16. The molecule has 0 saturated carbocycles. The number of nitrogens with zero attached hydrogens (tertiary/aromatic N) is 2. The lowest BCUT2D eigenvalue weighted by Gasteiger charge is -2.20. The normalized spacial score (nSPS) is 10.5. The average molecular weight is 322 g/mol. The van der Waals surface area contributed by atoms with Gasteiger partial charge in [-0.2, -0.15) is 0 Å². The van der Waals surface area contributed by atoms with Gasteiger partial charge in [-0.15, -0.1) is 0 Å². The molecule has 124 valence electrons. The third-order valence-corrected chi connectivity index (χ3v) is 3.16. The molecular weight excluding hydrogens is 304 g/mol. The second-order valence-electron chi connectivity index (χ2n) is 4.66. The van der Waals surface area contributed by atoms with Crippen LogP contribution in [0.15, 0.2) is 33.4 Å². The van der Waals surface area contributed by atoms with E-state index in [1.165, 1.54) is 31.4 Å². The Morgan fingerprint density at radius 3 is 2.74 bits per heavy atom. The van der Waals surface area contributed by atoms with Crippen LogP contribution >= 0.6 is 0 Å². The summed E-state index contributed by atoms with van der Waals surface area (Å²) in [5.74, 6) is 0.0942. The monoisotopic (exact) mass is 322 g/mol. The van der Waals surface area contributed by atoms with E-state index in [2.05, 4.69) is 9.89 Å². The van der Waals surface area contributed by atoms with Gasteiger partial charge in [0.05, 0.1) is 26.4 Å². The smallest absolute Gasteiger partial charge is 0.307 e. The zero-order valence-electron chi connectivity index (χ0n) is 13.0. The molecule has 8 nitrogen and oxygen atoms in total. The van der Waals surface area contributed by atoms with Gasteiger partial charge in [0.1, 0.15) is 0 Å². The van der Waals surface area contributed by atoms with Crippen molar-refractivity contribution in [1.82, 2.24) is 10.1 Å². The Labute approximate surface area is 132 Å². The molecule has 0 saturated heterocycles. The van der Waals surface area contributed by atoms with Crippen LogP contribution in [0, 0.1) is 0 Å². The van der Waals surface area contributed by atoms with Crippen molar-refractivity contribution in [2.75, 3.05) is 33.9 Å². The van der Waals surface area contributed by atoms with Crippen LogP contribution in [0.2, 0.25) is 0 Å². The fraction of sp³-hybridized carbons (Fsp3) is 0.400. The van der Waals surface area contributed by atoms with Gasteiger partial charge in [0.25, 0.3) is 5.91 Å². The molecule has 8 heteroatoms. The molecule has 2 heterocycles. The highest BCUT2D eigenvalue weighted by atomic mass is 16.5. The Morgan fingerprint density at radius 2 is 2.09 bits per heavy atom. The maximum absolute atomic E-state index is 12.5. The molecular formula is C15H18N2O6. The Kier molecular flexibility index (Phi) is 5.93. The van der Waals surface area contributed by atoms with Gasteiger partial charge in [0.15, 0.2) is 11.5 Å². The molecule has 0 aliphatic carbocycles. The number of carbonyl (C=O) groups excluding carboxylic acids is 2. The topological polar surface area (TPSA) is 95.0 Å². The first-order valence-corrected chi connectivity index (χ1v) is 7.01. The molecule has 0 unspecified atom stereocenters. The Bertz CT molecular complexity index is 634. The minimum Gasteiger partial charge on any atom is -0.469 e.